The number of aryl methyl sites for hydroxylation is 2. The van der Waals surface area contributed by atoms with Crippen molar-refractivity contribution >= 4 is 38.6 Å². The van der Waals surface area contributed by atoms with Crippen LogP contribution in [-0.2, 0) is 10.9 Å². The summed E-state index contributed by atoms with van der Waals surface area (Å²) in [4.78, 5) is 7.09. The molecule has 0 aromatic heterocycles. The minimum Gasteiger partial charge on any atom is -0.0795 e. The third-order valence-corrected chi connectivity index (χ3v) is 8.77. The van der Waals surface area contributed by atoms with Crippen molar-refractivity contribution in [2.45, 2.75) is 38.3 Å². The molecule has 0 N–H and O–H groups in total. The fourth-order valence-corrected chi connectivity index (χ4v) is 7.28. The van der Waals surface area contributed by atoms with E-state index in [1.54, 1.807) is 0 Å². The quantitative estimate of drug-likeness (QED) is 0.323. The van der Waals surface area contributed by atoms with Gasteiger partial charge in [0.15, 0.2) is 14.7 Å². The summed E-state index contributed by atoms with van der Waals surface area (Å²) in [6.45, 7) is 4.40. The Labute approximate surface area is 152 Å². The maximum atomic E-state index is 3.67. The summed E-state index contributed by atoms with van der Waals surface area (Å²) >= 11 is 5.56. The molecule has 0 fully saturated rings. The molecule has 1 heterocycles. The molecule has 0 unspecified atom stereocenters. The van der Waals surface area contributed by atoms with Gasteiger partial charge in [0.05, 0.1) is 9.79 Å². The summed E-state index contributed by atoms with van der Waals surface area (Å²) in [7, 11) is -0.0297. The topological polar surface area (TPSA) is 0 Å². The molecule has 0 nitrogen and oxygen atoms in total. The molecule has 0 amide bonds. The van der Waals surface area contributed by atoms with E-state index in [2.05, 4.69) is 90.4 Å². The van der Waals surface area contributed by atoms with E-state index in [-0.39, 0.29) is 10.9 Å². The lowest BCUT2D eigenvalue weighted by Gasteiger charge is -2.20. The highest BCUT2D eigenvalue weighted by molar-refractivity contribution is 9.10. The minimum absolute atomic E-state index is 0.0297. The number of hydrogen-bond acceptors (Lipinski definition) is 1. The second-order valence-corrected chi connectivity index (χ2v) is 9.54. The van der Waals surface area contributed by atoms with Crippen molar-refractivity contribution < 1.29 is 0 Å². The average Bonchev–Trinajstić information content (AvgIpc) is 2.56. The van der Waals surface area contributed by atoms with Gasteiger partial charge in [0, 0.05) is 10.0 Å². The van der Waals surface area contributed by atoms with Crippen molar-refractivity contribution in [1.82, 2.24) is 0 Å². The van der Waals surface area contributed by atoms with Gasteiger partial charge in [-0.3, -0.25) is 0 Å². The average molecular weight is 400 g/mol. The van der Waals surface area contributed by atoms with E-state index in [0.717, 1.165) is 0 Å². The lowest BCUT2D eigenvalue weighted by molar-refractivity contribution is 1.11. The highest BCUT2D eigenvalue weighted by Gasteiger charge is 2.38. The zero-order valence-corrected chi connectivity index (χ0v) is 16.2. The van der Waals surface area contributed by atoms with E-state index < -0.39 is 0 Å². The molecule has 1 aliphatic rings. The zero-order valence-electron chi connectivity index (χ0n) is 13.0. The third-order valence-electron chi connectivity index (χ3n) is 4.03. The molecule has 3 aromatic carbocycles. The summed E-state index contributed by atoms with van der Waals surface area (Å²) in [6.07, 6.45) is 0. The third kappa shape index (κ3) is 2.65. The number of rotatable bonds is 1. The molecule has 0 spiro atoms. The van der Waals surface area contributed by atoms with E-state index in [1.807, 2.05) is 11.8 Å². The Morgan fingerprint density at radius 3 is 1.91 bits per heavy atom. The number of hydrogen-bond donors (Lipinski definition) is 0. The second-order valence-electron chi connectivity index (χ2n) is 5.67. The van der Waals surface area contributed by atoms with Crippen LogP contribution in [-0.4, -0.2) is 0 Å². The molecular formula is C20H16BrS2+. The van der Waals surface area contributed by atoms with Crippen LogP contribution in [0.1, 0.15) is 11.1 Å². The van der Waals surface area contributed by atoms with E-state index in [9.17, 15) is 0 Å². The van der Waals surface area contributed by atoms with Crippen LogP contribution >= 0.6 is 27.7 Å². The summed E-state index contributed by atoms with van der Waals surface area (Å²) in [6, 6.07) is 22.3. The molecule has 0 atom stereocenters. The summed E-state index contributed by atoms with van der Waals surface area (Å²) in [5, 5.41) is 0. The Balaban J connectivity index is 2.00. The van der Waals surface area contributed by atoms with Crippen LogP contribution in [0.4, 0.5) is 0 Å². The van der Waals surface area contributed by atoms with Gasteiger partial charge < -0.3 is 0 Å². The first-order valence-corrected chi connectivity index (χ1v) is 10.4. The van der Waals surface area contributed by atoms with Crippen molar-refractivity contribution in [3.63, 3.8) is 0 Å². The molecule has 0 saturated heterocycles. The van der Waals surface area contributed by atoms with E-state index in [0.29, 0.717) is 0 Å². The van der Waals surface area contributed by atoms with Gasteiger partial charge in [-0.05, 0) is 55.8 Å². The molecule has 3 heteroatoms. The first-order valence-electron chi connectivity index (χ1n) is 7.52. The first-order chi connectivity index (χ1) is 11.1. The molecule has 3 aromatic rings. The van der Waals surface area contributed by atoms with E-state index in [4.69, 9.17) is 0 Å². The summed E-state index contributed by atoms with van der Waals surface area (Å²) < 4.78 is 1.19. The molecule has 23 heavy (non-hydrogen) atoms. The van der Waals surface area contributed by atoms with E-state index >= 15 is 0 Å². The SMILES string of the molecule is Cc1cc([S+]2c3ccccc3Sc3ccccc32)c(C)cc1Br. The molecule has 114 valence electrons. The number of benzene rings is 3. The smallest absolute Gasteiger partial charge is 0.0795 e. The number of halogens is 1. The Morgan fingerprint density at radius 2 is 1.30 bits per heavy atom. The van der Waals surface area contributed by atoms with Gasteiger partial charge in [-0.15, -0.1) is 0 Å². The molecule has 0 aliphatic carbocycles. The normalized spacial score (nSPS) is 13.5. The fraction of sp³-hybridized carbons (Fsp3) is 0.100. The summed E-state index contributed by atoms with van der Waals surface area (Å²) in [5.74, 6) is 0. The van der Waals surface area contributed by atoms with Gasteiger partial charge in [0.1, 0.15) is 10.9 Å². The van der Waals surface area contributed by atoms with Gasteiger partial charge in [-0.1, -0.05) is 52.0 Å². The highest BCUT2D eigenvalue weighted by Crippen LogP contribution is 2.48. The van der Waals surface area contributed by atoms with Crippen molar-refractivity contribution in [3.8, 4) is 0 Å². The monoisotopic (exact) mass is 399 g/mol. The Hall–Kier alpha value is -1.16. The van der Waals surface area contributed by atoms with E-state index in [1.165, 1.54) is 40.1 Å². The predicted molar refractivity (Wildman–Crippen MR) is 103 cm³/mol. The van der Waals surface area contributed by atoms with Crippen molar-refractivity contribution in [3.05, 3.63) is 76.3 Å². The lowest BCUT2D eigenvalue weighted by atomic mass is 10.2. The standard InChI is InChI=1S/C20H16BrS2/c1-13-12-20(14(2)11-15(13)21)23-18-9-5-3-7-16(18)22-17-8-4-6-10-19(17)23/h3-12H,1-2H3/q+1. The van der Waals surface area contributed by atoms with Crippen LogP contribution < -0.4 is 0 Å². The lowest BCUT2D eigenvalue weighted by Crippen LogP contribution is -2.12. The van der Waals surface area contributed by atoms with Gasteiger partial charge in [0.25, 0.3) is 0 Å². The molecule has 0 saturated carbocycles. The predicted octanol–water partition coefficient (Wildman–Crippen LogP) is 6.63. The zero-order chi connectivity index (χ0) is 16.0. The number of fused-ring (bicyclic) bond motifs is 2. The van der Waals surface area contributed by atoms with Crippen LogP contribution in [0.15, 0.2) is 89.6 Å². The van der Waals surface area contributed by atoms with Crippen LogP contribution in [0, 0.1) is 13.8 Å². The molecule has 1 aliphatic heterocycles. The molecule has 0 radical (unpaired) electrons. The van der Waals surface area contributed by atoms with Gasteiger partial charge in [-0.2, -0.15) is 0 Å². The fourth-order valence-electron chi connectivity index (χ4n) is 2.85. The minimum atomic E-state index is -0.0297. The maximum absolute atomic E-state index is 3.67. The van der Waals surface area contributed by atoms with Crippen LogP contribution in [0.25, 0.3) is 0 Å². The van der Waals surface area contributed by atoms with Gasteiger partial charge in [0.2, 0.25) is 0 Å². The Kier molecular flexibility index (Phi) is 4.04. The molecule has 4 rings (SSSR count). The van der Waals surface area contributed by atoms with Crippen LogP contribution in [0.3, 0.4) is 0 Å². The summed E-state index contributed by atoms with van der Waals surface area (Å²) in [5.41, 5.74) is 2.65. The van der Waals surface area contributed by atoms with Gasteiger partial charge in [-0.25, -0.2) is 0 Å². The van der Waals surface area contributed by atoms with Crippen LogP contribution in [0.5, 0.6) is 0 Å². The van der Waals surface area contributed by atoms with Crippen molar-refractivity contribution in [1.29, 1.82) is 0 Å². The first kappa shape index (κ1) is 15.4. The molecular weight excluding hydrogens is 384 g/mol. The van der Waals surface area contributed by atoms with Gasteiger partial charge >= 0.3 is 0 Å². The molecule has 0 bridgehead atoms. The highest BCUT2D eigenvalue weighted by atomic mass is 79.9. The van der Waals surface area contributed by atoms with Crippen LogP contribution in [0.2, 0.25) is 0 Å². The maximum Gasteiger partial charge on any atom is 0.180 e. The largest absolute Gasteiger partial charge is 0.180 e. The Bertz CT molecular complexity index is 856. The van der Waals surface area contributed by atoms with Crippen molar-refractivity contribution in [2.24, 2.45) is 0 Å². The Morgan fingerprint density at radius 1 is 0.739 bits per heavy atom. The second kappa shape index (κ2) is 6.04. The van der Waals surface area contributed by atoms with Crippen molar-refractivity contribution in [2.75, 3.05) is 0 Å².